The van der Waals surface area contributed by atoms with Crippen LogP contribution in [0.5, 0.6) is 5.75 Å². The van der Waals surface area contributed by atoms with Gasteiger partial charge in [0.2, 0.25) is 5.91 Å². The van der Waals surface area contributed by atoms with Gasteiger partial charge in [-0.25, -0.2) is 0 Å². The summed E-state index contributed by atoms with van der Waals surface area (Å²) in [4.78, 5) is 11.9. The van der Waals surface area contributed by atoms with E-state index in [9.17, 15) is 4.79 Å². The SMILES string of the molecule is COc1cccc(NC(=O)CSC2CCNCC2)c1. The number of ether oxygens (including phenoxy) is 1. The summed E-state index contributed by atoms with van der Waals surface area (Å²) in [6.45, 7) is 2.13. The van der Waals surface area contributed by atoms with Crippen molar-refractivity contribution in [2.75, 3.05) is 31.3 Å². The first-order valence-corrected chi connectivity index (χ1v) is 7.59. The molecule has 104 valence electrons. The van der Waals surface area contributed by atoms with Crippen molar-refractivity contribution in [1.29, 1.82) is 0 Å². The lowest BCUT2D eigenvalue weighted by molar-refractivity contribution is -0.113. The highest BCUT2D eigenvalue weighted by Crippen LogP contribution is 2.21. The van der Waals surface area contributed by atoms with E-state index in [4.69, 9.17) is 4.74 Å². The minimum atomic E-state index is 0.0526. The zero-order chi connectivity index (χ0) is 13.5. The van der Waals surface area contributed by atoms with Gasteiger partial charge in [0.1, 0.15) is 5.75 Å². The predicted molar refractivity (Wildman–Crippen MR) is 80.0 cm³/mol. The maximum absolute atomic E-state index is 11.9. The molecule has 0 aliphatic carbocycles. The number of hydrogen-bond acceptors (Lipinski definition) is 4. The average molecular weight is 280 g/mol. The van der Waals surface area contributed by atoms with Crippen LogP contribution in [0.1, 0.15) is 12.8 Å². The molecule has 1 aliphatic heterocycles. The first-order valence-electron chi connectivity index (χ1n) is 6.54. The Labute approximate surface area is 118 Å². The van der Waals surface area contributed by atoms with Gasteiger partial charge in [-0.2, -0.15) is 0 Å². The Balaban J connectivity index is 1.76. The number of anilines is 1. The fourth-order valence-corrected chi connectivity index (χ4v) is 3.08. The van der Waals surface area contributed by atoms with Gasteiger partial charge in [-0.05, 0) is 38.1 Å². The Morgan fingerprint density at radius 3 is 3.00 bits per heavy atom. The Morgan fingerprint density at radius 2 is 2.26 bits per heavy atom. The highest BCUT2D eigenvalue weighted by Gasteiger charge is 2.14. The third-order valence-electron chi connectivity index (χ3n) is 3.09. The van der Waals surface area contributed by atoms with Crippen molar-refractivity contribution < 1.29 is 9.53 Å². The van der Waals surface area contributed by atoms with E-state index in [1.807, 2.05) is 24.3 Å². The minimum absolute atomic E-state index is 0.0526. The topological polar surface area (TPSA) is 50.4 Å². The molecule has 1 aromatic rings. The van der Waals surface area contributed by atoms with Crippen LogP contribution in [0.3, 0.4) is 0 Å². The van der Waals surface area contributed by atoms with E-state index in [0.717, 1.165) is 37.4 Å². The van der Waals surface area contributed by atoms with E-state index < -0.39 is 0 Å². The number of hydrogen-bond donors (Lipinski definition) is 2. The minimum Gasteiger partial charge on any atom is -0.497 e. The normalized spacial score (nSPS) is 16.1. The van der Waals surface area contributed by atoms with Crippen LogP contribution in [0.25, 0.3) is 0 Å². The molecule has 0 spiro atoms. The summed E-state index contributed by atoms with van der Waals surface area (Å²) in [5.74, 6) is 1.32. The number of nitrogens with one attached hydrogen (secondary N) is 2. The fourth-order valence-electron chi connectivity index (χ4n) is 2.05. The summed E-state index contributed by atoms with van der Waals surface area (Å²) >= 11 is 1.75. The summed E-state index contributed by atoms with van der Waals surface area (Å²) in [5, 5.41) is 6.84. The van der Waals surface area contributed by atoms with E-state index in [2.05, 4.69) is 10.6 Å². The quantitative estimate of drug-likeness (QED) is 0.867. The molecule has 1 fully saturated rings. The van der Waals surface area contributed by atoms with Gasteiger partial charge in [0.15, 0.2) is 0 Å². The highest BCUT2D eigenvalue weighted by atomic mass is 32.2. The second kappa shape index (κ2) is 7.40. The molecule has 0 unspecified atom stereocenters. The molecule has 0 atom stereocenters. The molecule has 1 heterocycles. The number of piperidine rings is 1. The molecular weight excluding hydrogens is 260 g/mol. The Bertz CT molecular complexity index is 420. The predicted octanol–water partition coefficient (Wildman–Crippen LogP) is 2.12. The van der Waals surface area contributed by atoms with E-state index in [0.29, 0.717) is 11.0 Å². The van der Waals surface area contributed by atoms with Crippen molar-refractivity contribution in [2.24, 2.45) is 0 Å². The lowest BCUT2D eigenvalue weighted by atomic mass is 10.2. The van der Waals surface area contributed by atoms with Crippen molar-refractivity contribution in [2.45, 2.75) is 18.1 Å². The van der Waals surface area contributed by atoms with Gasteiger partial charge in [0, 0.05) is 17.0 Å². The van der Waals surface area contributed by atoms with Crippen LogP contribution < -0.4 is 15.4 Å². The Kier molecular flexibility index (Phi) is 5.54. The second-order valence-electron chi connectivity index (χ2n) is 4.54. The molecule has 0 aromatic heterocycles. The zero-order valence-electron chi connectivity index (χ0n) is 11.1. The van der Waals surface area contributed by atoms with Crippen LogP contribution in [0.2, 0.25) is 0 Å². The molecule has 1 saturated heterocycles. The van der Waals surface area contributed by atoms with Gasteiger partial charge < -0.3 is 15.4 Å². The monoisotopic (exact) mass is 280 g/mol. The van der Waals surface area contributed by atoms with Gasteiger partial charge in [-0.3, -0.25) is 4.79 Å². The van der Waals surface area contributed by atoms with Crippen LogP contribution >= 0.6 is 11.8 Å². The largest absolute Gasteiger partial charge is 0.497 e. The number of carbonyl (C=O) groups is 1. The first kappa shape index (κ1) is 14.2. The standard InChI is InChI=1S/C14H20N2O2S/c1-18-12-4-2-3-11(9-12)16-14(17)10-19-13-5-7-15-8-6-13/h2-4,9,13,15H,5-8,10H2,1H3,(H,16,17). The summed E-state index contributed by atoms with van der Waals surface area (Å²) in [5.41, 5.74) is 0.787. The van der Waals surface area contributed by atoms with Crippen LogP contribution in [0.15, 0.2) is 24.3 Å². The summed E-state index contributed by atoms with van der Waals surface area (Å²) in [7, 11) is 1.62. The molecule has 1 amide bonds. The maximum Gasteiger partial charge on any atom is 0.234 e. The van der Waals surface area contributed by atoms with Gasteiger partial charge in [-0.15, -0.1) is 11.8 Å². The third kappa shape index (κ3) is 4.76. The lowest BCUT2D eigenvalue weighted by Gasteiger charge is -2.21. The van der Waals surface area contributed by atoms with E-state index in [-0.39, 0.29) is 5.91 Å². The zero-order valence-corrected chi connectivity index (χ0v) is 12.0. The summed E-state index contributed by atoms with van der Waals surface area (Å²) in [6, 6.07) is 7.43. The number of rotatable bonds is 5. The van der Waals surface area contributed by atoms with Gasteiger partial charge in [0.05, 0.1) is 12.9 Å². The summed E-state index contributed by atoms with van der Waals surface area (Å²) in [6.07, 6.45) is 2.30. The highest BCUT2D eigenvalue weighted by molar-refractivity contribution is 8.00. The Morgan fingerprint density at radius 1 is 1.47 bits per heavy atom. The molecule has 1 aromatic carbocycles. The molecule has 0 bridgehead atoms. The van der Waals surface area contributed by atoms with Gasteiger partial charge in [-0.1, -0.05) is 6.07 Å². The van der Waals surface area contributed by atoms with Crippen LogP contribution in [0.4, 0.5) is 5.69 Å². The van der Waals surface area contributed by atoms with Crippen molar-refractivity contribution in [1.82, 2.24) is 5.32 Å². The van der Waals surface area contributed by atoms with E-state index in [1.54, 1.807) is 18.9 Å². The summed E-state index contributed by atoms with van der Waals surface area (Å²) < 4.78 is 5.13. The van der Waals surface area contributed by atoms with E-state index >= 15 is 0 Å². The second-order valence-corrected chi connectivity index (χ2v) is 5.83. The van der Waals surface area contributed by atoms with E-state index in [1.165, 1.54) is 0 Å². The molecule has 2 rings (SSSR count). The number of carbonyl (C=O) groups excluding carboxylic acids is 1. The number of benzene rings is 1. The van der Waals surface area contributed by atoms with Crippen molar-refractivity contribution >= 4 is 23.4 Å². The third-order valence-corrected chi connectivity index (χ3v) is 4.46. The van der Waals surface area contributed by atoms with Crippen molar-refractivity contribution in [3.63, 3.8) is 0 Å². The van der Waals surface area contributed by atoms with Crippen LogP contribution in [-0.2, 0) is 4.79 Å². The fraction of sp³-hybridized carbons (Fsp3) is 0.500. The Hall–Kier alpha value is -1.20. The lowest BCUT2D eigenvalue weighted by Crippen LogP contribution is -2.30. The average Bonchev–Trinajstić information content (AvgIpc) is 2.46. The maximum atomic E-state index is 11.9. The molecule has 0 radical (unpaired) electrons. The van der Waals surface area contributed by atoms with Crippen molar-refractivity contribution in [3.8, 4) is 5.75 Å². The smallest absolute Gasteiger partial charge is 0.234 e. The number of methoxy groups -OCH3 is 1. The molecular formula is C14H20N2O2S. The van der Waals surface area contributed by atoms with Gasteiger partial charge >= 0.3 is 0 Å². The molecule has 19 heavy (non-hydrogen) atoms. The molecule has 0 saturated carbocycles. The first-order chi connectivity index (χ1) is 9.28. The molecule has 2 N–H and O–H groups in total. The molecule has 5 heteroatoms. The molecule has 4 nitrogen and oxygen atoms in total. The van der Waals surface area contributed by atoms with Gasteiger partial charge in [0.25, 0.3) is 0 Å². The molecule has 1 aliphatic rings. The van der Waals surface area contributed by atoms with Crippen LogP contribution in [-0.4, -0.2) is 37.1 Å². The van der Waals surface area contributed by atoms with Crippen molar-refractivity contribution in [3.05, 3.63) is 24.3 Å². The van der Waals surface area contributed by atoms with Crippen LogP contribution in [0, 0.1) is 0 Å². The number of amides is 1. The number of thioether (sulfide) groups is 1.